The van der Waals surface area contributed by atoms with Crippen LogP contribution in [0.5, 0.6) is 0 Å². The summed E-state index contributed by atoms with van der Waals surface area (Å²) in [5.74, 6) is 0. The predicted octanol–water partition coefficient (Wildman–Crippen LogP) is 3.61. The third kappa shape index (κ3) is 4.43. The summed E-state index contributed by atoms with van der Waals surface area (Å²) in [6, 6.07) is 13.4. The summed E-state index contributed by atoms with van der Waals surface area (Å²) in [4.78, 5) is 4.94. The monoisotopic (exact) mass is 371 g/mol. The van der Waals surface area contributed by atoms with Gasteiger partial charge >= 0.3 is 0 Å². The van der Waals surface area contributed by atoms with E-state index in [1.807, 2.05) is 25.1 Å². The molecule has 3 rings (SSSR count). The van der Waals surface area contributed by atoms with E-state index in [9.17, 15) is 8.42 Å². The molecule has 138 valence electrons. The zero-order chi connectivity index (χ0) is 18.6. The van der Waals surface area contributed by atoms with Crippen molar-refractivity contribution < 1.29 is 8.42 Å². The first kappa shape index (κ1) is 18.5. The Morgan fingerprint density at radius 2 is 1.69 bits per heavy atom. The standard InChI is InChI=1S/C20H25N3O2S/c1-16-6-7-17(2)20(14-16)26(24,25)22-21-15-18-8-10-19(11-9-18)23-12-4-3-5-13-23/h6-11,14-15,22H,3-5,12-13H2,1-2H3/b21-15+. The Hall–Kier alpha value is -2.34. The van der Waals surface area contributed by atoms with Crippen molar-refractivity contribution in [2.45, 2.75) is 38.0 Å². The van der Waals surface area contributed by atoms with Gasteiger partial charge in [0.2, 0.25) is 0 Å². The first-order valence-corrected chi connectivity index (χ1v) is 10.4. The zero-order valence-electron chi connectivity index (χ0n) is 15.3. The molecule has 26 heavy (non-hydrogen) atoms. The van der Waals surface area contributed by atoms with E-state index < -0.39 is 10.0 Å². The number of nitrogens with one attached hydrogen (secondary N) is 1. The minimum Gasteiger partial charge on any atom is -0.372 e. The molecular weight excluding hydrogens is 346 g/mol. The van der Waals surface area contributed by atoms with Crippen molar-refractivity contribution in [3.05, 3.63) is 59.2 Å². The Morgan fingerprint density at radius 1 is 1.00 bits per heavy atom. The van der Waals surface area contributed by atoms with Crippen LogP contribution >= 0.6 is 0 Å². The van der Waals surface area contributed by atoms with Crippen LogP contribution in [0.1, 0.15) is 36.0 Å². The highest BCUT2D eigenvalue weighted by molar-refractivity contribution is 7.89. The Labute approximate surface area is 155 Å². The van der Waals surface area contributed by atoms with Gasteiger partial charge < -0.3 is 4.90 Å². The van der Waals surface area contributed by atoms with Gasteiger partial charge in [-0.25, -0.2) is 4.83 Å². The summed E-state index contributed by atoms with van der Waals surface area (Å²) in [5, 5.41) is 3.93. The van der Waals surface area contributed by atoms with Gasteiger partial charge in [-0.3, -0.25) is 0 Å². The van der Waals surface area contributed by atoms with Crippen LogP contribution in [-0.2, 0) is 10.0 Å². The third-order valence-corrected chi connectivity index (χ3v) is 6.00. The van der Waals surface area contributed by atoms with E-state index in [0.29, 0.717) is 5.56 Å². The van der Waals surface area contributed by atoms with Crippen LogP contribution in [0.2, 0.25) is 0 Å². The molecule has 1 fully saturated rings. The van der Waals surface area contributed by atoms with Crippen LogP contribution in [0.15, 0.2) is 52.5 Å². The molecule has 0 radical (unpaired) electrons. The maximum absolute atomic E-state index is 12.4. The number of piperidine rings is 1. The van der Waals surface area contributed by atoms with Crippen LogP contribution in [0, 0.1) is 13.8 Å². The van der Waals surface area contributed by atoms with E-state index in [2.05, 4.69) is 27.0 Å². The van der Waals surface area contributed by atoms with E-state index in [0.717, 1.165) is 24.2 Å². The number of hydrogen-bond acceptors (Lipinski definition) is 4. The number of hydrogen-bond donors (Lipinski definition) is 1. The molecule has 6 heteroatoms. The van der Waals surface area contributed by atoms with Crippen molar-refractivity contribution in [1.82, 2.24) is 4.83 Å². The van der Waals surface area contributed by atoms with Crippen LogP contribution in [0.3, 0.4) is 0 Å². The van der Waals surface area contributed by atoms with Gasteiger partial charge in [0.15, 0.2) is 0 Å². The SMILES string of the molecule is Cc1ccc(C)c(S(=O)(=O)N/N=C/c2ccc(N3CCCCC3)cc2)c1. The average Bonchev–Trinajstić information content (AvgIpc) is 2.65. The maximum atomic E-state index is 12.4. The topological polar surface area (TPSA) is 61.8 Å². The number of anilines is 1. The molecule has 0 amide bonds. The lowest BCUT2D eigenvalue weighted by Gasteiger charge is -2.28. The van der Waals surface area contributed by atoms with Gasteiger partial charge in [0.1, 0.15) is 0 Å². The molecule has 1 saturated heterocycles. The molecule has 0 spiro atoms. The van der Waals surface area contributed by atoms with E-state index in [-0.39, 0.29) is 4.90 Å². The van der Waals surface area contributed by atoms with E-state index in [4.69, 9.17) is 0 Å². The summed E-state index contributed by atoms with van der Waals surface area (Å²) < 4.78 is 24.8. The second-order valence-corrected chi connectivity index (χ2v) is 8.39. The first-order chi connectivity index (χ1) is 12.5. The molecule has 1 aliphatic heterocycles. The summed E-state index contributed by atoms with van der Waals surface area (Å²) in [5.41, 5.74) is 3.66. The second-order valence-electron chi connectivity index (χ2n) is 6.76. The van der Waals surface area contributed by atoms with E-state index >= 15 is 0 Å². The Kier molecular flexibility index (Phi) is 5.61. The summed E-state index contributed by atoms with van der Waals surface area (Å²) >= 11 is 0. The normalized spacial score (nSPS) is 15.4. The van der Waals surface area contributed by atoms with Gasteiger partial charge in [-0.2, -0.15) is 13.5 Å². The van der Waals surface area contributed by atoms with Crippen molar-refractivity contribution in [2.24, 2.45) is 5.10 Å². The zero-order valence-corrected chi connectivity index (χ0v) is 16.1. The minimum absolute atomic E-state index is 0.259. The fourth-order valence-corrected chi connectivity index (χ4v) is 4.26. The number of rotatable bonds is 5. The van der Waals surface area contributed by atoms with Crippen molar-refractivity contribution in [3.63, 3.8) is 0 Å². The molecule has 0 saturated carbocycles. The highest BCUT2D eigenvalue weighted by Crippen LogP contribution is 2.20. The Bertz CT molecular complexity index is 884. The summed E-state index contributed by atoms with van der Waals surface area (Å²) in [7, 11) is -3.67. The van der Waals surface area contributed by atoms with E-state index in [1.54, 1.807) is 19.1 Å². The second kappa shape index (κ2) is 7.91. The Balaban J connectivity index is 1.67. The smallest absolute Gasteiger partial charge is 0.276 e. The molecule has 0 aromatic heterocycles. The van der Waals surface area contributed by atoms with Gasteiger partial charge in [-0.1, -0.05) is 24.3 Å². The fourth-order valence-electron chi connectivity index (χ4n) is 3.14. The van der Waals surface area contributed by atoms with Crippen LogP contribution in [0.4, 0.5) is 5.69 Å². The number of hydrazone groups is 1. The molecule has 5 nitrogen and oxygen atoms in total. The Morgan fingerprint density at radius 3 is 2.38 bits per heavy atom. The highest BCUT2D eigenvalue weighted by Gasteiger charge is 2.15. The van der Waals surface area contributed by atoms with Crippen LogP contribution in [-0.4, -0.2) is 27.7 Å². The molecule has 0 atom stereocenters. The number of aryl methyl sites for hydroxylation is 2. The molecule has 0 aliphatic carbocycles. The number of sulfonamides is 1. The van der Waals surface area contributed by atoms with Crippen molar-refractivity contribution in [1.29, 1.82) is 0 Å². The number of benzene rings is 2. The lowest BCUT2D eigenvalue weighted by molar-refractivity contribution is 0.578. The average molecular weight is 372 g/mol. The lowest BCUT2D eigenvalue weighted by atomic mass is 10.1. The van der Waals surface area contributed by atoms with E-state index in [1.165, 1.54) is 31.2 Å². The largest absolute Gasteiger partial charge is 0.372 e. The maximum Gasteiger partial charge on any atom is 0.276 e. The molecule has 2 aromatic carbocycles. The molecule has 0 unspecified atom stereocenters. The highest BCUT2D eigenvalue weighted by atomic mass is 32.2. The molecule has 1 N–H and O–H groups in total. The fraction of sp³-hybridized carbons (Fsp3) is 0.350. The van der Waals surface area contributed by atoms with Crippen LogP contribution < -0.4 is 9.73 Å². The lowest BCUT2D eigenvalue weighted by Crippen LogP contribution is -2.29. The van der Waals surface area contributed by atoms with Gasteiger partial charge in [-0.15, -0.1) is 0 Å². The van der Waals surface area contributed by atoms with Gasteiger partial charge in [0, 0.05) is 18.8 Å². The minimum atomic E-state index is -3.67. The molecule has 2 aromatic rings. The van der Waals surface area contributed by atoms with Gasteiger partial charge in [-0.05, 0) is 68.0 Å². The summed E-state index contributed by atoms with van der Waals surface area (Å²) in [6.45, 7) is 5.84. The van der Waals surface area contributed by atoms with Gasteiger partial charge in [0.25, 0.3) is 10.0 Å². The van der Waals surface area contributed by atoms with Gasteiger partial charge in [0.05, 0.1) is 11.1 Å². The quantitative estimate of drug-likeness (QED) is 0.645. The van der Waals surface area contributed by atoms with Crippen molar-refractivity contribution in [2.75, 3.05) is 18.0 Å². The summed E-state index contributed by atoms with van der Waals surface area (Å²) in [6.07, 6.45) is 5.32. The van der Waals surface area contributed by atoms with Crippen molar-refractivity contribution >= 4 is 21.9 Å². The molecular formula is C20H25N3O2S. The first-order valence-electron chi connectivity index (χ1n) is 8.93. The molecule has 0 bridgehead atoms. The van der Waals surface area contributed by atoms with Crippen LogP contribution in [0.25, 0.3) is 0 Å². The number of nitrogens with zero attached hydrogens (tertiary/aromatic N) is 2. The van der Waals surface area contributed by atoms with Crippen molar-refractivity contribution in [3.8, 4) is 0 Å². The predicted molar refractivity (Wildman–Crippen MR) is 106 cm³/mol. The third-order valence-electron chi connectivity index (χ3n) is 4.63. The molecule has 1 heterocycles. The molecule has 1 aliphatic rings.